The highest BCUT2D eigenvalue weighted by atomic mass is 79.9. The van der Waals surface area contributed by atoms with Gasteiger partial charge in [0, 0.05) is 14.9 Å². The van der Waals surface area contributed by atoms with E-state index in [1.54, 1.807) is 24.3 Å². The van der Waals surface area contributed by atoms with Crippen molar-refractivity contribution in [3.63, 3.8) is 0 Å². The number of fused-ring (bicyclic) bond motifs is 1. The summed E-state index contributed by atoms with van der Waals surface area (Å²) in [6, 6.07) is 18.7. The zero-order valence-corrected chi connectivity index (χ0v) is 16.7. The first-order valence-corrected chi connectivity index (χ1v) is 9.95. The van der Waals surface area contributed by atoms with E-state index < -0.39 is 5.97 Å². The van der Waals surface area contributed by atoms with Gasteiger partial charge in [0.15, 0.2) is 6.61 Å². The van der Waals surface area contributed by atoms with Crippen molar-refractivity contribution in [1.82, 2.24) is 0 Å². The number of ketones is 1. The first-order valence-electron chi connectivity index (χ1n) is 7.79. The van der Waals surface area contributed by atoms with E-state index in [1.165, 1.54) is 11.8 Å². The van der Waals surface area contributed by atoms with Crippen molar-refractivity contribution in [2.75, 3.05) is 12.4 Å². The fourth-order valence-electron chi connectivity index (χ4n) is 2.41. The highest BCUT2D eigenvalue weighted by Crippen LogP contribution is 2.34. The van der Waals surface area contributed by atoms with Crippen molar-refractivity contribution in [2.24, 2.45) is 0 Å². The molecule has 0 radical (unpaired) electrons. The summed E-state index contributed by atoms with van der Waals surface area (Å²) in [6.07, 6.45) is 0. The lowest BCUT2D eigenvalue weighted by Crippen LogP contribution is -2.15. The minimum Gasteiger partial charge on any atom is -0.457 e. The molecule has 0 saturated carbocycles. The maximum atomic E-state index is 12.1. The predicted molar refractivity (Wildman–Crippen MR) is 109 cm³/mol. The van der Waals surface area contributed by atoms with Gasteiger partial charge in [0.05, 0.1) is 10.8 Å². The molecule has 0 aliphatic carbocycles. The number of ether oxygens (including phenoxy) is 1. The van der Waals surface area contributed by atoms with E-state index in [-0.39, 0.29) is 18.1 Å². The third-order valence-electron chi connectivity index (χ3n) is 3.71. The molecule has 0 aliphatic heterocycles. The highest BCUT2D eigenvalue weighted by molar-refractivity contribution is 9.10. The van der Waals surface area contributed by atoms with Crippen molar-refractivity contribution in [3.05, 3.63) is 75.7 Å². The van der Waals surface area contributed by atoms with Crippen LogP contribution >= 0.6 is 39.3 Å². The number of hydrogen-bond acceptors (Lipinski definition) is 4. The Morgan fingerprint density at radius 2 is 1.73 bits per heavy atom. The van der Waals surface area contributed by atoms with Crippen LogP contribution in [0.3, 0.4) is 0 Å². The number of benzene rings is 3. The third-order valence-corrected chi connectivity index (χ3v) is 6.19. The van der Waals surface area contributed by atoms with Crippen LogP contribution in [0.5, 0.6) is 0 Å². The largest absolute Gasteiger partial charge is 0.457 e. The molecule has 0 aliphatic rings. The lowest BCUT2D eigenvalue weighted by atomic mass is 10.1. The van der Waals surface area contributed by atoms with E-state index >= 15 is 0 Å². The molecule has 3 aromatic carbocycles. The summed E-state index contributed by atoms with van der Waals surface area (Å²) < 4.78 is 6.02. The van der Waals surface area contributed by atoms with Gasteiger partial charge in [-0.05, 0) is 44.9 Å². The molecule has 0 atom stereocenters. The second kappa shape index (κ2) is 8.71. The van der Waals surface area contributed by atoms with Crippen LogP contribution in [0.4, 0.5) is 0 Å². The first-order chi connectivity index (χ1) is 12.6. The van der Waals surface area contributed by atoms with E-state index in [2.05, 4.69) is 15.9 Å². The Morgan fingerprint density at radius 3 is 2.54 bits per heavy atom. The van der Waals surface area contributed by atoms with Gasteiger partial charge < -0.3 is 4.74 Å². The van der Waals surface area contributed by atoms with Crippen LogP contribution in [0, 0.1) is 0 Å². The molecule has 6 heteroatoms. The lowest BCUT2D eigenvalue weighted by molar-refractivity contribution is -0.139. The number of Topliss-reactive ketones (excluding diaryl/α,β-unsaturated/α-hetero) is 1. The number of carbonyl (C=O) groups excluding carboxylic acids is 2. The number of hydrogen-bond donors (Lipinski definition) is 0. The van der Waals surface area contributed by atoms with Gasteiger partial charge in [0.25, 0.3) is 0 Å². The summed E-state index contributed by atoms with van der Waals surface area (Å²) in [6.45, 7) is -0.317. The standard InChI is InChI=1S/C20H14BrClO3S/c21-20-14-6-2-1-5-13(14)9-10-18(20)26-12-19(24)25-11-17(23)15-7-3-4-8-16(15)22/h1-10H,11-12H2. The normalized spacial score (nSPS) is 10.7. The molecule has 0 fully saturated rings. The molecule has 0 bridgehead atoms. The topological polar surface area (TPSA) is 43.4 Å². The zero-order valence-electron chi connectivity index (χ0n) is 13.6. The molecule has 0 aromatic heterocycles. The minimum absolute atomic E-state index is 0.118. The molecule has 132 valence electrons. The Balaban J connectivity index is 1.57. The van der Waals surface area contributed by atoms with Crippen molar-refractivity contribution in [2.45, 2.75) is 4.90 Å². The van der Waals surface area contributed by atoms with E-state index in [9.17, 15) is 9.59 Å². The van der Waals surface area contributed by atoms with Crippen molar-refractivity contribution < 1.29 is 14.3 Å². The summed E-state index contributed by atoms with van der Waals surface area (Å²) in [5, 5.41) is 2.56. The molecule has 0 spiro atoms. The monoisotopic (exact) mass is 448 g/mol. The van der Waals surface area contributed by atoms with Gasteiger partial charge in [-0.2, -0.15) is 0 Å². The van der Waals surface area contributed by atoms with E-state index in [0.29, 0.717) is 10.6 Å². The van der Waals surface area contributed by atoms with Gasteiger partial charge in [0.2, 0.25) is 5.78 Å². The van der Waals surface area contributed by atoms with Crippen LogP contribution in [-0.4, -0.2) is 24.1 Å². The Kier molecular flexibility index (Phi) is 6.35. The van der Waals surface area contributed by atoms with Crippen LogP contribution in [0.2, 0.25) is 5.02 Å². The summed E-state index contributed by atoms with van der Waals surface area (Å²) in [4.78, 5) is 25.0. The van der Waals surface area contributed by atoms with Gasteiger partial charge in [-0.15, -0.1) is 11.8 Å². The Labute approximate surface area is 168 Å². The molecule has 3 nitrogen and oxygen atoms in total. The van der Waals surface area contributed by atoms with E-state index in [4.69, 9.17) is 16.3 Å². The van der Waals surface area contributed by atoms with Crippen molar-refractivity contribution >= 4 is 61.8 Å². The average Bonchev–Trinajstić information content (AvgIpc) is 2.66. The Hall–Kier alpha value is -1.82. The smallest absolute Gasteiger partial charge is 0.316 e. The fourth-order valence-corrected chi connectivity index (χ4v) is 4.25. The SMILES string of the molecule is O=C(CSc1ccc2ccccc2c1Br)OCC(=O)c1ccccc1Cl. The molecule has 3 rings (SSSR count). The highest BCUT2D eigenvalue weighted by Gasteiger charge is 2.14. The molecular formula is C20H14BrClO3S. The number of rotatable bonds is 6. The van der Waals surface area contributed by atoms with Crippen LogP contribution < -0.4 is 0 Å². The molecule has 0 amide bonds. The van der Waals surface area contributed by atoms with E-state index in [0.717, 1.165) is 20.1 Å². The van der Waals surface area contributed by atoms with Gasteiger partial charge in [0.1, 0.15) is 0 Å². The maximum absolute atomic E-state index is 12.1. The van der Waals surface area contributed by atoms with E-state index in [1.807, 2.05) is 36.4 Å². The Morgan fingerprint density at radius 1 is 1.00 bits per heavy atom. The predicted octanol–water partition coefficient (Wildman–Crippen LogP) is 5.77. The number of carbonyl (C=O) groups is 2. The molecule has 0 saturated heterocycles. The second-order valence-electron chi connectivity index (χ2n) is 5.45. The number of thioether (sulfide) groups is 1. The maximum Gasteiger partial charge on any atom is 0.316 e. The van der Waals surface area contributed by atoms with Crippen molar-refractivity contribution in [1.29, 1.82) is 0 Å². The molecular weight excluding hydrogens is 436 g/mol. The quantitative estimate of drug-likeness (QED) is 0.272. The zero-order chi connectivity index (χ0) is 18.5. The van der Waals surface area contributed by atoms with Crippen LogP contribution in [0.15, 0.2) is 70.0 Å². The van der Waals surface area contributed by atoms with Crippen LogP contribution in [0.25, 0.3) is 10.8 Å². The van der Waals surface area contributed by atoms with Gasteiger partial charge >= 0.3 is 5.97 Å². The number of halogens is 2. The number of esters is 1. The summed E-state index contributed by atoms with van der Waals surface area (Å²) in [5.41, 5.74) is 0.354. The van der Waals surface area contributed by atoms with Gasteiger partial charge in [-0.3, -0.25) is 9.59 Å². The Bertz CT molecular complexity index is 974. The minimum atomic E-state index is -0.449. The average molecular weight is 450 g/mol. The molecule has 0 N–H and O–H groups in total. The second-order valence-corrected chi connectivity index (χ2v) is 7.67. The molecule has 0 unspecified atom stereocenters. The summed E-state index contributed by atoms with van der Waals surface area (Å²) >= 11 is 10.9. The lowest BCUT2D eigenvalue weighted by Gasteiger charge is -2.08. The summed E-state index contributed by atoms with van der Waals surface area (Å²) in [5.74, 6) is -0.650. The van der Waals surface area contributed by atoms with Crippen molar-refractivity contribution in [3.8, 4) is 0 Å². The molecule has 26 heavy (non-hydrogen) atoms. The molecule has 0 heterocycles. The van der Waals surface area contributed by atoms with Crippen LogP contribution in [0.1, 0.15) is 10.4 Å². The fraction of sp³-hybridized carbons (Fsp3) is 0.100. The van der Waals surface area contributed by atoms with Crippen LogP contribution in [-0.2, 0) is 9.53 Å². The van der Waals surface area contributed by atoms with Gasteiger partial charge in [-0.1, -0.05) is 54.1 Å². The molecule has 3 aromatic rings. The van der Waals surface area contributed by atoms with Gasteiger partial charge in [-0.25, -0.2) is 0 Å². The third kappa shape index (κ3) is 4.47. The summed E-state index contributed by atoms with van der Waals surface area (Å²) in [7, 11) is 0. The first kappa shape index (κ1) is 19.0.